The lowest BCUT2D eigenvalue weighted by Crippen LogP contribution is -2.47. The number of aryl methyl sites for hydroxylation is 6. The van der Waals surface area contributed by atoms with Gasteiger partial charge in [-0.2, -0.15) is 0 Å². The average molecular weight is 1780 g/mol. The highest BCUT2D eigenvalue weighted by atomic mass is 16.3. The molecule has 0 N–H and O–H groups in total. The number of benzene rings is 15. The first-order chi connectivity index (χ1) is 65.3. The van der Waals surface area contributed by atoms with Crippen LogP contribution < -0.4 is 9.13 Å². The molecule has 3 aliphatic rings. The SMILES string of the molecule is Cc1c(-c2nc3ccccc3n2-c2c(C(C)C)cccc2C(C)C)ccc2c1oc1c3ccccc3ccc21.Cc1c([N+]2=CN=CC2c2c(C(C)C)cccc2C(C)C)ccc2c1oc1c3ccccc3ccc21.Cc1c2c(cc3c1oc1cc4ccccc4cc13)C(C)(C)C(C)(C)c1ccc[n+](C)c1-2.Cc1c2c(cc3c1oc1ccc4ccccc4c13)C(C)(C)C(C)(C)c1ccc[n+](C)c1-2. The quantitative estimate of drug-likeness (QED) is 0.141. The van der Waals surface area contributed by atoms with Crippen molar-refractivity contribution >= 4 is 160 Å². The molecule has 2 aliphatic carbocycles. The molecule has 0 amide bonds. The number of pyridine rings is 2. The fourth-order valence-electron chi connectivity index (χ4n) is 23.2. The van der Waals surface area contributed by atoms with E-state index < -0.39 is 0 Å². The molecular weight excluding hydrogens is 1660 g/mol. The van der Waals surface area contributed by atoms with Gasteiger partial charge in [0.05, 0.1) is 27.8 Å². The van der Waals surface area contributed by atoms with Crippen LogP contribution in [-0.2, 0) is 35.8 Å². The standard InChI is InChI=1S/C36H32N2O.C32H31N2O.2C29H28NO/c1-21(2)25-13-10-14-26(22(3)4)33(25)38-32-16-9-8-15-31(32)37-36(38)27-19-20-29-30-18-17-24-11-6-7-12-28(24)35(30)39-34(29)23(27)5;1-19(2)23-11-8-12-24(20(3)4)30(23)29-17-33-18-34(29)28-16-15-26-27-14-13-22-9-6-7-10-25(22)32(27)35-31(26)21(28)5;1-17-24-22(29(4,5)28(2,3)21-12-9-15-30(6)26(21)24)16-20-25-19-11-8-7-10-18(19)13-14-23(25)31-27(17)20;1-17-25-23(29(4,5)28(2,3)22-12-9-13-30(6)26(22)25)16-21-20-14-18-10-7-8-11-19(18)15-24(20)31-27(17)21/h6-22H,1-5H3;6-20,29H,1-5H3;2*7-16H,1-6H3/q;3*+1. The van der Waals surface area contributed by atoms with Gasteiger partial charge in [-0.1, -0.05) is 286 Å². The highest BCUT2D eigenvalue weighted by Crippen LogP contribution is 2.59. The lowest BCUT2D eigenvalue weighted by molar-refractivity contribution is -0.661. The summed E-state index contributed by atoms with van der Waals surface area (Å²) in [6.45, 7) is 46.1. The van der Waals surface area contributed by atoms with Gasteiger partial charge in [0.2, 0.25) is 11.4 Å². The molecule has 8 heterocycles. The van der Waals surface area contributed by atoms with Gasteiger partial charge in [-0.25, -0.2) is 18.7 Å². The molecule has 22 aromatic rings. The Morgan fingerprint density at radius 2 is 0.772 bits per heavy atom. The monoisotopic (exact) mass is 1780 g/mol. The van der Waals surface area contributed by atoms with Gasteiger partial charge >= 0.3 is 0 Å². The second-order valence-electron chi connectivity index (χ2n) is 41.9. The number of hydrogen-bond acceptors (Lipinski definition) is 6. The van der Waals surface area contributed by atoms with E-state index in [-0.39, 0.29) is 27.7 Å². The van der Waals surface area contributed by atoms with Crippen LogP contribution in [0.3, 0.4) is 0 Å². The summed E-state index contributed by atoms with van der Waals surface area (Å²) in [5, 5.41) is 19.2. The maximum atomic E-state index is 6.67. The Kier molecular flexibility index (Phi) is 20.6. The fraction of sp³-hybridized carbons (Fsp3) is 0.246. The average Bonchev–Trinajstić information content (AvgIpc) is 1.24. The normalized spacial score (nSPS) is 15.1. The van der Waals surface area contributed by atoms with Crippen LogP contribution in [0.15, 0.2) is 302 Å². The van der Waals surface area contributed by atoms with Crippen LogP contribution >= 0.6 is 0 Å². The molecule has 0 bridgehead atoms. The number of para-hydroxylation sites is 3. The predicted molar refractivity (Wildman–Crippen MR) is 569 cm³/mol. The van der Waals surface area contributed by atoms with Gasteiger partial charge in [-0.15, -0.1) is 0 Å². The van der Waals surface area contributed by atoms with E-state index in [9.17, 15) is 0 Å². The maximum absolute atomic E-state index is 6.67. The largest absolute Gasteiger partial charge is 0.456 e. The number of imidazole rings is 1. The Labute approximate surface area is 795 Å². The highest BCUT2D eigenvalue weighted by molar-refractivity contribution is 6.21. The van der Waals surface area contributed by atoms with Gasteiger partial charge in [0, 0.05) is 121 Å². The van der Waals surface area contributed by atoms with Crippen molar-refractivity contribution in [2.45, 2.75) is 190 Å². The third-order valence-corrected chi connectivity index (χ3v) is 32.0. The zero-order valence-electron chi connectivity index (χ0n) is 82.4. The minimum Gasteiger partial charge on any atom is -0.456 e. The lowest BCUT2D eigenvalue weighted by atomic mass is 9.55. The van der Waals surface area contributed by atoms with Crippen LogP contribution in [-0.4, -0.2) is 26.7 Å². The number of nitrogens with zero attached hydrogens (tertiary/aromatic N) is 6. The Balaban J connectivity index is 0.000000106. The van der Waals surface area contributed by atoms with Crippen LogP contribution in [0.25, 0.3) is 181 Å². The molecular formula is C126H119N6O4+3. The molecule has 7 aromatic heterocycles. The molecule has 0 radical (unpaired) electrons. The van der Waals surface area contributed by atoms with Gasteiger partial charge < -0.3 is 17.7 Å². The molecule has 0 fully saturated rings. The first-order valence-corrected chi connectivity index (χ1v) is 48.7. The fourth-order valence-corrected chi connectivity index (χ4v) is 23.2. The minimum absolute atomic E-state index is 0.000701. The minimum atomic E-state index is -0.0309. The highest BCUT2D eigenvalue weighted by Gasteiger charge is 2.52. The van der Waals surface area contributed by atoms with Gasteiger partial charge in [-0.05, 0) is 213 Å². The summed E-state index contributed by atoms with van der Waals surface area (Å²) < 4.78 is 35.6. The summed E-state index contributed by atoms with van der Waals surface area (Å²) >= 11 is 0. The number of aromatic nitrogens is 4. The van der Waals surface area contributed by atoms with Crippen LogP contribution in [0.5, 0.6) is 0 Å². The molecule has 136 heavy (non-hydrogen) atoms. The van der Waals surface area contributed by atoms with E-state index in [1.807, 2.05) is 6.34 Å². The molecule has 674 valence electrons. The second kappa shape index (κ2) is 32.2. The Morgan fingerprint density at radius 3 is 1.33 bits per heavy atom. The molecule has 0 saturated carbocycles. The van der Waals surface area contributed by atoms with Crippen LogP contribution in [0.4, 0.5) is 5.69 Å². The van der Waals surface area contributed by atoms with Crippen LogP contribution in [0.2, 0.25) is 0 Å². The van der Waals surface area contributed by atoms with E-state index in [0.29, 0.717) is 23.7 Å². The first-order valence-electron chi connectivity index (χ1n) is 48.7. The van der Waals surface area contributed by atoms with Gasteiger partial charge in [0.25, 0.3) is 6.34 Å². The van der Waals surface area contributed by atoms with Crippen LogP contribution in [0, 0.1) is 27.7 Å². The molecule has 1 atom stereocenters. The summed E-state index contributed by atoms with van der Waals surface area (Å²) in [5.74, 6) is 2.58. The Bertz CT molecular complexity index is 8780. The predicted octanol–water partition coefficient (Wildman–Crippen LogP) is 33.3. The van der Waals surface area contributed by atoms with Crippen molar-refractivity contribution in [2.24, 2.45) is 19.1 Å². The van der Waals surface area contributed by atoms with Crippen molar-refractivity contribution in [3.05, 3.63) is 352 Å². The number of furan rings is 4. The molecule has 10 nitrogen and oxygen atoms in total. The Hall–Kier alpha value is -14.4. The summed E-state index contributed by atoms with van der Waals surface area (Å²) in [5.41, 5.74) is 35.7. The third-order valence-electron chi connectivity index (χ3n) is 32.0. The van der Waals surface area contributed by atoms with Crippen molar-refractivity contribution in [3.8, 4) is 39.6 Å². The molecule has 25 rings (SSSR count). The third kappa shape index (κ3) is 13.2. The summed E-state index contributed by atoms with van der Waals surface area (Å²) in [4.78, 5) is 9.90. The van der Waals surface area contributed by atoms with E-state index in [4.69, 9.17) is 22.7 Å². The molecule has 1 unspecified atom stereocenters. The Morgan fingerprint density at radius 1 is 0.338 bits per heavy atom. The second-order valence-corrected chi connectivity index (χ2v) is 41.9. The van der Waals surface area contributed by atoms with E-state index in [1.165, 1.54) is 149 Å². The summed E-state index contributed by atoms with van der Waals surface area (Å²) in [6, 6.07) is 96.2. The summed E-state index contributed by atoms with van der Waals surface area (Å²) in [7, 11) is 4.32. The van der Waals surface area contributed by atoms with Crippen molar-refractivity contribution < 1.29 is 31.4 Å². The van der Waals surface area contributed by atoms with E-state index >= 15 is 0 Å². The molecule has 10 heteroatoms. The number of aliphatic imine (C=N–C) groups is 1. The molecule has 0 saturated heterocycles. The number of fused-ring (bicyclic) bond motifs is 26. The van der Waals surface area contributed by atoms with Gasteiger partial charge in [-0.3, -0.25) is 4.57 Å². The van der Waals surface area contributed by atoms with Crippen molar-refractivity contribution in [2.75, 3.05) is 0 Å². The zero-order valence-corrected chi connectivity index (χ0v) is 82.4. The first kappa shape index (κ1) is 87.0. The van der Waals surface area contributed by atoms with Gasteiger partial charge in [0.15, 0.2) is 24.7 Å². The van der Waals surface area contributed by atoms with Gasteiger partial charge in [0.1, 0.15) is 70.3 Å². The van der Waals surface area contributed by atoms with E-state index in [2.05, 4.69) is 461 Å². The topological polar surface area (TPSA) is 93.5 Å². The van der Waals surface area contributed by atoms with E-state index in [0.717, 1.165) is 111 Å². The van der Waals surface area contributed by atoms with Crippen molar-refractivity contribution in [3.63, 3.8) is 0 Å². The van der Waals surface area contributed by atoms with Crippen molar-refractivity contribution in [1.29, 1.82) is 0 Å². The molecule has 1 aliphatic heterocycles. The maximum Gasteiger partial charge on any atom is 0.287 e. The molecule has 0 spiro atoms. The summed E-state index contributed by atoms with van der Waals surface area (Å²) in [6.07, 6.45) is 8.37. The zero-order chi connectivity index (χ0) is 94.5. The van der Waals surface area contributed by atoms with Crippen molar-refractivity contribution in [1.82, 2.24) is 9.55 Å². The lowest BCUT2D eigenvalue weighted by Gasteiger charge is -2.47. The van der Waals surface area contributed by atoms with E-state index in [1.54, 1.807) is 0 Å². The molecule has 15 aromatic carbocycles. The number of hydrogen-bond donors (Lipinski definition) is 0. The van der Waals surface area contributed by atoms with Crippen LogP contribution in [0.1, 0.15) is 213 Å². The number of rotatable bonds is 8. The smallest absolute Gasteiger partial charge is 0.287 e.